The van der Waals surface area contributed by atoms with Gasteiger partial charge in [0.15, 0.2) is 0 Å². The molecule has 25 heavy (non-hydrogen) atoms. The predicted molar refractivity (Wildman–Crippen MR) is 95.0 cm³/mol. The van der Waals surface area contributed by atoms with E-state index in [0.717, 1.165) is 37.2 Å². The Morgan fingerprint density at radius 3 is 2.72 bits per heavy atom. The number of aromatic nitrogens is 1. The van der Waals surface area contributed by atoms with Crippen molar-refractivity contribution in [2.75, 3.05) is 20.2 Å². The van der Waals surface area contributed by atoms with Gasteiger partial charge in [0.2, 0.25) is 0 Å². The number of rotatable bonds is 6. The standard InChI is InChI=1S/C20H24N2O3/c1-25-14-18-3-2-4-19(21-18)20(24)22-10-9-17(12-22)11-15-5-7-16(13-23)8-6-15/h2-8,17,23H,9-14H2,1H3/t17-/m0/s1. The van der Waals surface area contributed by atoms with E-state index in [1.165, 1.54) is 5.56 Å². The number of likely N-dealkylation sites (tertiary alicyclic amines) is 1. The van der Waals surface area contributed by atoms with E-state index in [9.17, 15) is 4.79 Å². The first-order chi connectivity index (χ1) is 12.2. The van der Waals surface area contributed by atoms with E-state index in [1.807, 2.05) is 29.2 Å². The number of pyridine rings is 1. The Bertz CT molecular complexity index is 715. The van der Waals surface area contributed by atoms with E-state index in [-0.39, 0.29) is 12.5 Å². The van der Waals surface area contributed by atoms with Crippen LogP contribution >= 0.6 is 0 Å². The van der Waals surface area contributed by atoms with Crippen molar-refractivity contribution >= 4 is 5.91 Å². The van der Waals surface area contributed by atoms with Crippen LogP contribution in [0.25, 0.3) is 0 Å². The Morgan fingerprint density at radius 2 is 2.00 bits per heavy atom. The molecule has 3 rings (SSSR count). The molecule has 1 aliphatic heterocycles. The second kappa shape index (κ2) is 8.23. The summed E-state index contributed by atoms with van der Waals surface area (Å²) in [4.78, 5) is 19.0. The lowest BCUT2D eigenvalue weighted by atomic mass is 9.98. The van der Waals surface area contributed by atoms with Gasteiger partial charge in [-0.3, -0.25) is 4.79 Å². The van der Waals surface area contributed by atoms with E-state index >= 15 is 0 Å². The van der Waals surface area contributed by atoms with Crippen LogP contribution in [-0.2, 0) is 24.4 Å². The monoisotopic (exact) mass is 340 g/mol. The number of aliphatic hydroxyl groups is 1. The van der Waals surface area contributed by atoms with E-state index < -0.39 is 0 Å². The number of hydrogen-bond acceptors (Lipinski definition) is 4. The van der Waals surface area contributed by atoms with E-state index in [4.69, 9.17) is 9.84 Å². The highest BCUT2D eigenvalue weighted by atomic mass is 16.5. The van der Waals surface area contributed by atoms with Gasteiger partial charge < -0.3 is 14.7 Å². The molecular weight excluding hydrogens is 316 g/mol. The number of carbonyl (C=O) groups excluding carboxylic acids is 1. The summed E-state index contributed by atoms with van der Waals surface area (Å²) in [5, 5.41) is 9.11. The Hall–Kier alpha value is -2.24. The Balaban J connectivity index is 1.59. The van der Waals surface area contributed by atoms with Crippen molar-refractivity contribution in [2.45, 2.75) is 26.1 Å². The summed E-state index contributed by atoms with van der Waals surface area (Å²) >= 11 is 0. The third-order valence-corrected chi connectivity index (χ3v) is 4.62. The summed E-state index contributed by atoms with van der Waals surface area (Å²) < 4.78 is 5.08. The third-order valence-electron chi connectivity index (χ3n) is 4.62. The number of benzene rings is 1. The minimum absolute atomic E-state index is 0.00363. The summed E-state index contributed by atoms with van der Waals surface area (Å²) in [5.74, 6) is 0.460. The molecule has 132 valence electrons. The molecule has 5 nitrogen and oxygen atoms in total. The Labute approximate surface area is 148 Å². The van der Waals surface area contributed by atoms with Crippen molar-refractivity contribution in [3.63, 3.8) is 0 Å². The summed E-state index contributed by atoms with van der Waals surface area (Å²) in [6.07, 6.45) is 1.96. The maximum atomic E-state index is 12.7. The van der Waals surface area contributed by atoms with E-state index in [2.05, 4.69) is 17.1 Å². The average Bonchev–Trinajstić information content (AvgIpc) is 3.11. The molecular formula is C20H24N2O3. The van der Waals surface area contributed by atoms with Gasteiger partial charge in [0.25, 0.3) is 5.91 Å². The van der Waals surface area contributed by atoms with Gasteiger partial charge in [-0.05, 0) is 42.0 Å². The van der Waals surface area contributed by atoms with Crippen LogP contribution in [0.2, 0.25) is 0 Å². The highest BCUT2D eigenvalue weighted by molar-refractivity contribution is 5.92. The topological polar surface area (TPSA) is 62.7 Å². The van der Waals surface area contributed by atoms with E-state index in [1.54, 1.807) is 13.2 Å². The molecule has 1 amide bonds. The molecule has 1 aromatic carbocycles. The van der Waals surface area contributed by atoms with Crippen molar-refractivity contribution in [3.8, 4) is 0 Å². The number of ether oxygens (including phenoxy) is 1. The number of nitrogens with zero attached hydrogens (tertiary/aromatic N) is 2. The molecule has 1 atom stereocenters. The van der Waals surface area contributed by atoms with Gasteiger partial charge in [0.1, 0.15) is 5.69 Å². The van der Waals surface area contributed by atoms with Gasteiger partial charge in [-0.15, -0.1) is 0 Å². The second-order valence-corrected chi connectivity index (χ2v) is 6.53. The molecule has 1 fully saturated rings. The van der Waals surface area contributed by atoms with Crippen molar-refractivity contribution in [1.82, 2.24) is 9.88 Å². The number of amides is 1. The maximum Gasteiger partial charge on any atom is 0.272 e. The molecule has 0 bridgehead atoms. The molecule has 1 aliphatic rings. The molecule has 2 heterocycles. The van der Waals surface area contributed by atoms with Crippen molar-refractivity contribution < 1.29 is 14.6 Å². The van der Waals surface area contributed by atoms with Crippen molar-refractivity contribution in [1.29, 1.82) is 0 Å². The van der Waals surface area contributed by atoms with Gasteiger partial charge in [-0.2, -0.15) is 0 Å². The quantitative estimate of drug-likeness (QED) is 0.877. The van der Waals surface area contributed by atoms with Crippen LogP contribution in [0.4, 0.5) is 0 Å². The minimum Gasteiger partial charge on any atom is -0.392 e. The number of carbonyl (C=O) groups is 1. The normalized spacial score (nSPS) is 17.0. The van der Waals surface area contributed by atoms with Gasteiger partial charge in [-0.25, -0.2) is 4.98 Å². The molecule has 5 heteroatoms. The smallest absolute Gasteiger partial charge is 0.272 e. The number of methoxy groups -OCH3 is 1. The lowest BCUT2D eigenvalue weighted by Crippen LogP contribution is -2.29. The average molecular weight is 340 g/mol. The number of aliphatic hydroxyl groups excluding tert-OH is 1. The predicted octanol–water partition coefficient (Wildman–Crippen LogP) is 2.43. The second-order valence-electron chi connectivity index (χ2n) is 6.53. The van der Waals surface area contributed by atoms with Crippen LogP contribution in [-0.4, -0.2) is 41.1 Å². The van der Waals surface area contributed by atoms with Crippen molar-refractivity contribution in [3.05, 3.63) is 65.0 Å². The Kier molecular flexibility index (Phi) is 5.79. The van der Waals surface area contributed by atoms with Gasteiger partial charge in [-0.1, -0.05) is 30.3 Å². The summed E-state index contributed by atoms with van der Waals surface area (Å²) in [5.41, 5.74) is 3.43. The van der Waals surface area contributed by atoms with E-state index in [0.29, 0.717) is 18.2 Å². The zero-order chi connectivity index (χ0) is 17.6. The van der Waals surface area contributed by atoms with Gasteiger partial charge in [0, 0.05) is 20.2 Å². The van der Waals surface area contributed by atoms with Crippen molar-refractivity contribution in [2.24, 2.45) is 5.92 Å². The van der Waals surface area contributed by atoms with Gasteiger partial charge >= 0.3 is 0 Å². The molecule has 1 aromatic heterocycles. The van der Waals surface area contributed by atoms with Gasteiger partial charge in [0.05, 0.1) is 18.9 Å². The highest BCUT2D eigenvalue weighted by Gasteiger charge is 2.27. The van der Waals surface area contributed by atoms with Crippen LogP contribution in [0.15, 0.2) is 42.5 Å². The first-order valence-corrected chi connectivity index (χ1v) is 8.62. The highest BCUT2D eigenvalue weighted by Crippen LogP contribution is 2.22. The third kappa shape index (κ3) is 4.44. The molecule has 0 radical (unpaired) electrons. The molecule has 0 unspecified atom stereocenters. The molecule has 2 aromatic rings. The fourth-order valence-corrected chi connectivity index (χ4v) is 3.29. The first-order valence-electron chi connectivity index (χ1n) is 8.62. The van der Waals surface area contributed by atoms with Crippen LogP contribution in [0.3, 0.4) is 0 Å². The first kappa shape index (κ1) is 17.6. The van der Waals surface area contributed by atoms with Crippen LogP contribution in [0.1, 0.15) is 33.7 Å². The fourth-order valence-electron chi connectivity index (χ4n) is 3.29. The zero-order valence-corrected chi connectivity index (χ0v) is 14.5. The molecule has 0 spiro atoms. The summed E-state index contributed by atoms with van der Waals surface area (Å²) in [6.45, 7) is 2.01. The fraction of sp³-hybridized carbons (Fsp3) is 0.400. The van der Waals surface area contributed by atoms with Crippen LogP contribution in [0.5, 0.6) is 0 Å². The minimum atomic E-state index is -0.00363. The zero-order valence-electron chi connectivity index (χ0n) is 14.5. The molecule has 1 saturated heterocycles. The summed E-state index contributed by atoms with van der Waals surface area (Å²) in [7, 11) is 1.62. The molecule has 1 N–H and O–H groups in total. The lowest BCUT2D eigenvalue weighted by molar-refractivity contribution is 0.0780. The number of hydrogen-bond donors (Lipinski definition) is 1. The van der Waals surface area contributed by atoms with Crippen LogP contribution < -0.4 is 0 Å². The SMILES string of the molecule is COCc1cccc(C(=O)N2CC[C@@H](Cc3ccc(CO)cc3)C2)n1. The molecule has 0 saturated carbocycles. The largest absolute Gasteiger partial charge is 0.392 e. The van der Waals surface area contributed by atoms with Crippen LogP contribution in [0, 0.1) is 5.92 Å². The molecule has 0 aliphatic carbocycles. The summed E-state index contributed by atoms with van der Waals surface area (Å²) in [6, 6.07) is 13.5. The lowest BCUT2D eigenvalue weighted by Gasteiger charge is -2.16. The Morgan fingerprint density at radius 1 is 1.24 bits per heavy atom. The maximum absolute atomic E-state index is 12.7.